The number of carbonyl (C=O) groups excluding carboxylic acids is 1. The lowest BCUT2D eigenvalue weighted by Crippen LogP contribution is -2.33. The lowest BCUT2D eigenvalue weighted by atomic mass is 10.0. The van der Waals surface area contributed by atoms with Gasteiger partial charge in [-0.05, 0) is 70.3 Å². The maximum Gasteiger partial charge on any atom is 0.243 e. The second-order valence-electron chi connectivity index (χ2n) is 7.04. The zero-order valence-corrected chi connectivity index (χ0v) is 17.5. The van der Waals surface area contributed by atoms with Crippen LogP contribution in [0, 0.1) is 12.8 Å². The first-order valence-electron chi connectivity index (χ1n) is 8.81. The van der Waals surface area contributed by atoms with Gasteiger partial charge in [-0.2, -0.15) is 4.31 Å². The number of hydrogen-bond donors (Lipinski definition) is 2. The summed E-state index contributed by atoms with van der Waals surface area (Å²) in [7, 11) is -2.00. The number of nitrogens with one attached hydrogen (secondary N) is 2. The second kappa shape index (κ2) is 9.69. The van der Waals surface area contributed by atoms with E-state index in [4.69, 9.17) is 0 Å². The van der Waals surface area contributed by atoms with E-state index >= 15 is 0 Å². The number of nitrogens with zero attached hydrogens (tertiary/aromatic N) is 1. The van der Waals surface area contributed by atoms with Crippen molar-refractivity contribution in [3.05, 3.63) is 23.8 Å². The number of rotatable bonds is 7. The van der Waals surface area contributed by atoms with Crippen LogP contribution in [0.2, 0.25) is 0 Å². The normalized spacial score (nSPS) is 17.4. The van der Waals surface area contributed by atoms with Gasteiger partial charge in [0.25, 0.3) is 0 Å². The summed E-state index contributed by atoms with van der Waals surface area (Å²) in [6, 6.07) is 4.74. The summed E-state index contributed by atoms with van der Waals surface area (Å²) >= 11 is 0. The molecular formula is C18H30ClN3O3S. The predicted octanol–water partition coefficient (Wildman–Crippen LogP) is 2.77. The fraction of sp³-hybridized carbons (Fsp3) is 0.611. The van der Waals surface area contributed by atoms with Gasteiger partial charge >= 0.3 is 0 Å². The van der Waals surface area contributed by atoms with Gasteiger partial charge in [-0.25, -0.2) is 8.42 Å². The first kappa shape index (κ1) is 22.9. The third-order valence-corrected chi connectivity index (χ3v) is 6.86. The molecule has 1 aliphatic rings. The van der Waals surface area contributed by atoms with Crippen LogP contribution in [0.3, 0.4) is 0 Å². The average Bonchev–Trinajstić information content (AvgIpc) is 3.07. The zero-order chi connectivity index (χ0) is 18.6. The van der Waals surface area contributed by atoms with Crippen molar-refractivity contribution >= 4 is 34.0 Å². The standard InChI is InChI=1S/C18H29N3O3S.ClH/c1-13(2)21(4)25(23,24)16-7-5-14(3)17(11-16)20-18(22)8-6-15-9-10-19-12-15;/h5,7,11,13,15,19H,6,8-10,12H2,1-4H3,(H,20,22);1H. The lowest BCUT2D eigenvalue weighted by Gasteiger charge is -2.21. The molecule has 0 aromatic heterocycles. The molecule has 0 saturated carbocycles. The van der Waals surface area contributed by atoms with Crippen molar-refractivity contribution in [3.63, 3.8) is 0 Å². The Balaban J connectivity index is 0.00000338. The third kappa shape index (κ3) is 5.67. The molecule has 8 heteroatoms. The smallest absolute Gasteiger partial charge is 0.243 e. The molecule has 1 saturated heterocycles. The maximum absolute atomic E-state index is 12.6. The number of hydrogen-bond acceptors (Lipinski definition) is 4. The van der Waals surface area contributed by atoms with Crippen LogP contribution in [0.4, 0.5) is 5.69 Å². The lowest BCUT2D eigenvalue weighted by molar-refractivity contribution is -0.116. The highest BCUT2D eigenvalue weighted by Gasteiger charge is 2.24. The minimum atomic E-state index is -3.56. The molecular weight excluding hydrogens is 374 g/mol. The largest absolute Gasteiger partial charge is 0.326 e. The van der Waals surface area contributed by atoms with Crippen LogP contribution in [-0.4, -0.2) is 44.8 Å². The molecule has 1 heterocycles. The summed E-state index contributed by atoms with van der Waals surface area (Å²) in [5.74, 6) is 0.486. The van der Waals surface area contributed by atoms with Gasteiger partial charge in [-0.15, -0.1) is 12.4 Å². The van der Waals surface area contributed by atoms with Crippen molar-refractivity contribution < 1.29 is 13.2 Å². The molecule has 26 heavy (non-hydrogen) atoms. The van der Waals surface area contributed by atoms with Crippen LogP contribution in [0.5, 0.6) is 0 Å². The molecule has 6 nitrogen and oxygen atoms in total. The minimum absolute atomic E-state index is 0. The van der Waals surface area contributed by atoms with Crippen LogP contribution in [0.25, 0.3) is 0 Å². The van der Waals surface area contributed by atoms with Crippen LogP contribution in [0.15, 0.2) is 23.1 Å². The van der Waals surface area contributed by atoms with Gasteiger partial charge < -0.3 is 10.6 Å². The first-order valence-corrected chi connectivity index (χ1v) is 10.2. The molecule has 0 bridgehead atoms. The predicted molar refractivity (Wildman–Crippen MR) is 107 cm³/mol. The van der Waals surface area contributed by atoms with E-state index in [1.54, 1.807) is 25.2 Å². The van der Waals surface area contributed by atoms with Crippen LogP contribution in [-0.2, 0) is 14.8 Å². The number of benzene rings is 1. The van der Waals surface area contributed by atoms with Gasteiger partial charge in [0.2, 0.25) is 15.9 Å². The summed E-state index contributed by atoms with van der Waals surface area (Å²) in [4.78, 5) is 12.4. The van der Waals surface area contributed by atoms with Crippen molar-refractivity contribution in [2.45, 2.75) is 51.0 Å². The van der Waals surface area contributed by atoms with Crippen molar-refractivity contribution in [1.29, 1.82) is 0 Å². The monoisotopic (exact) mass is 403 g/mol. The topological polar surface area (TPSA) is 78.5 Å². The Morgan fingerprint density at radius 2 is 2.08 bits per heavy atom. The molecule has 1 aromatic carbocycles. The molecule has 1 amide bonds. The molecule has 2 N–H and O–H groups in total. The second-order valence-corrected chi connectivity index (χ2v) is 9.03. The number of sulfonamides is 1. The van der Waals surface area contributed by atoms with E-state index in [0.717, 1.165) is 31.5 Å². The fourth-order valence-electron chi connectivity index (χ4n) is 2.85. The van der Waals surface area contributed by atoms with E-state index in [9.17, 15) is 13.2 Å². The Kier molecular flexibility index (Phi) is 8.53. The van der Waals surface area contributed by atoms with Gasteiger partial charge in [0.05, 0.1) is 4.90 Å². The highest BCUT2D eigenvalue weighted by atomic mass is 35.5. The molecule has 1 atom stereocenters. The SMILES string of the molecule is Cc1ccc(S(=O)(=O)N(C)C(C)C)cc1NC(=O)CCC1CCNC1.Cl. The highest BCUT2D eigenvalue weighted by molar-refractivity contribution is 7.89. The molecule has 1 aliphatic heterocycles. The van der Waals surface area contributed by atoms with E-state index in [-0.39, 0.29) is 29.3 Å². The third-order valence-electron chi connectivity index (χ3n) is 4.83. The van der Waals surface area contributed by atoms with E-state index < -0.39 is 10.0 Å². The fourth-order valence-corrected chi connectivity index (χ4v) is 4.24. The summed E-state index contributed by atoms with van der Waals surface area (Å²) in [6.45, 7) is 7.51. The van der Waals surface area contributed by atoms with E-state index in [2.05, 4.69) is 10.6 Å². The Morgan fingerprint density at radius 1 is 1.38 bits per heavy atom. The Labute approximate surface area is 163 Å². The summed E-state index contributed by atoms with van der Waals surface area (Å²) in [5, 5.41) is 6.17. The van der Waals surface area contributed by atoms with Crippen molar-refractivity contribution in [1.82, 2.24) is 9.62 Å². The van der Waals surface area contributed by atoms with Crippen molar-refractivity contribution in [2.24, 2.45) is 5.92 Å². The van der Waals surface area contributed by atoms with Crippen LogP contribution >= 0.6 is 12.4 Å². The summed E-state index contributed by atoms with van der Waals surface area (Å²) in [6.07, 6.45) is 2.42. The van der Waals surface area contributed by atoms with Crippen LogP contribution in [0.1, 0.15) is 38.7 Å². The molecule has 0 aliphatic carbocycles. The van der Waals surface area contributed by atoms with Gasteiger partial charge in [-0.1, -0.05) is 6.07 Å². The number of amides is 1. The molecule has 1 aromatic rings. The van der Waals surface area contributed by atoms with Crippen molar-refractivity contribution in [2.75, 3.05) is 25.5 Å². The van der Waals surface area contributed by atoms with Gasteiger partial charge in [0, 0.05) is 25.2 Å². The number of halogens is 1. The first-order chi connectivity index (χ1) is 11.7. The minimum Gasteiger partial charge on any atom is -0.326 e. The van der Waals surface area contributed by atoms with Gasteiger partial charge in [0.15, 0.2) is 0 Å². The van der Waals surface area contributed by atoms with E-state index in [1.165, 1.54) is 4.31 Å². The highest BCUT2D eigenvalue weighted by Crippen LogP contribution is 2.24. The molecule has 1 unspecified atom stereocenters. The van der Waals surface area contributed by atoms with Crippen LogP contribution < -0.4 is 10.6 Å². The number of anilines is 1. The molecule has 0 radical (unpaired) electrons. The Morgan fingerprint density at radius 3 is 2.65 bits per heavy atom. The maximum atomic E-state index is 12.6. The number of carbonyl (C=O) groups is 1. The van der Waals surface area contributed by atoms with Gasteiger partial charge in [0.1, 0.15) is 0 Å². The van der Waals surface area contributed by atoms with Gasteiger partial charge in [-0.3, -0.25) is 4.79 Å². The molecule has 1 fully saturated rings. The average molecular weight is 404 g/mol. The van der Waals surface area contributed by atoms with E-state index in [1.807, 2.05) is 20.8 Å². The Bertz CT molecular complexity index is 716. The summed E-state index contributed by atoms with van der Waals surface area (Å²) in [5.41, 5.74) is 1.41. The van der Waals surface area contributed by atoms with Crippen molar-refractivity contribution in [3.8, 4) is 0 Å². The summed E-state index contributed by atoms with van der Waals surface area (Å²) < 4.78 is 26.6. The number of aryl methyl sites for hydroxylation is 1. The zero-order valence-electron chi connectivity index (χ0n) is 15.9. The Hall–Kier alpha value is -1.15. The quantitative estimate of drug-likeness (QED) is 0.733. The molecule has 148 valence electrons. The molecule has 2 rings (SSSR count). The van der Waals surface area contributed by atoms with E-state index in [0.29, 0.717) is 18.0 Å². The molecule has 0 spiro atoms.